The zero-order valence-corrected chi connectivity index (χ0v) is 19.3. The second kappa shape index (κ2) is 9.74. The molecule has 0 bridgehead atoms. The van der Waals surface area contributed by atoms with Crippen molar-refractivity contribution in [1.29, 1.82) is 0 Å². The number of fused-ring (bicyclic) bond motifs is 1. The molecule has 2 heterocycles. The molecule has 0 aliphatic rings. The predicted octanol–water partition coefficient (Wildman–Crippen LogP) is 4.21. The number of amides is 1. The fraction of sp³-hybridized carbons (Fsp3) is 0.231. The molecule has 8 heteroatoms. The van der Waals surface area contributed by atoms with Crippen LogP contribution in [0.2, 0.25) is 0 Å². The highest BCUT2D eigenvalue weighted by Crippen LogP contribution is 2.27. The second-order valence-corrected chi connectivity index (χ2v) is 8.32. The Balaban J connectivity index is 1.64. The molecular weight excluding hydrogens is 432 g/mol. The summed E-state index contributed by atoms with van der Waals surface area (Å²) >= 11 is 0. The third-order valence-corrected chi connectivity index (χ3v) is 5.27. The summed E-state index contributed by atoms with van der Waals surface area (Å²) in [6.45, 7) is 5.86. The topological polar surface area (TPSA) is 109 Å². The Morgan fingerprint density at radius 2 is 1.85 bits per heavy atom. The third-order valence-electron chi connectivity index (χ3n) is 5.27. The Morgan fingerprint density at radius 3 is 2.56 bits per heavy atom. The first-order valence-electron chi connectivity index (χ1n) is 10.9. The third kappa shape index (κ3) is 5.06. The van der Waals surface area contributed by atoms with E-state index < -0.39 is 11.9 Å². The summed E-state index contributed by atoms with van der Waals surface area (Å²) in [5.74, 6) is -0.573. The van der Waals surface area contributed by atoms with E-state index in [0.717, 1.165) is 16.7 Å². The molecule has 2 aromatic carbocycles. The molecule has 2 N–H and O–H groups in total. The molecule has 0 aliphatic heterocycles. The molecule has 0 aliphatic carbocycles. The van der Waals surface area contributed by atoms with Crippen molar-refractivity contribution in [1.82, 2.24) is 14.8 Å². The van der Waals surface area contributed by atoms with Crippen LogP contribution in [-0.2, 0) is 16.1 Å². The minimum Gasteiger partial charge on any atom is -0.484 e. The van der Waals surface area contributed by atoms with Gasteiger partial charge in [0.2, 0.25) is 0 Å². The molecule has 0 atom stereocenters. The molecule has 2 aromatic heterocycles. The van der Waals surface area contributed by atoms with E-state index in [-0.39, 0.29) is 19.3 Å². The molecule has 0 spiro atoms. The van der Waals surface area contributed by atoms with Crippen molar-refractivity contribution in [3.63, 3.8) is 0 Å². The van der Waals surface area contributed by atoms with E-state index in [1.165, 1.54) is 0 Å². The number of nitrogens with zero attached hydrogens (tertiary/aromatic N) is 3. The average Bonchev–Trinajstić information content (AvgIpc) is 3.26. The van der Waals surface area contributed by atoms with Crippen molar-refractivity contribution < 1.29 is 19.1 Å². The van der Waals surface area contributed by atoms with Crippen LogP contribution < -0.4 is 10.5 Å². The van der Waals surface area contributed by atoms with Crippen LogP contribution in [0.5, 0.6) is 5.75 Å². The van der Waals surface area contributed by atoms with Gasteiger partial charge in [0.25, 0.3) is 5.91 Å². The number of esters is 1. The summed E-state index contributed by atoms with van der Waals surface area (Å²) in [7, 11) is 0. The molecule has 4 aromatic rings. The Morgan fingerprint density at radius 1 is 1.09 bits per heavy atom. The Bertz CT molecular complexity index is 1340. The number of pyridine rings is 1. The van der Waals surface area contributed by atoms with Gasteiger partial charge in [0, 0.05) is 11.6 Å². The van der Waals surface area contributed by atoms with Crippen LogP contribution >= 0.6 is 0 Å². The normalized spacial score (nSPS) is 11.1. The van der Waals surface area contributed by atoms with Crippen LogP contribution in [0.25, 0.3) is 22.3 Å². The highest BCUT2D eigenvalue weighted by atomic mass is 16.5. The number of primary amides is 1. The van der Waals surface area contributed by atoms with E-state index >= 15 is 0 Å². The van der Waals surface area contributed by atoms with Crippen molar-refractivity contribution in [2.45, 2.75) is 33.4 Å². The standard InChI is InChI=1S/C26H26N4O4/c1-16(2)30-25-22(13-28-30)21(12-23(29-25)19-9-7-17(3)8-10-19)26(32)34-14-18-5-4-6-20(11-18)33-15-24(27)31/h4-13,16H,14-15H2,1-3H3,(H2,27,31). The van der Waals surface area contributed by atoms with E-state index in [0.29, 0.717) is 28.0 Å². The molecular formula is C26H26N4O4. The van der Waals surface area contributed by atoms with Gasteiger partial charge in [-0.3, -0.25) is 4.79 Å². The summed E-state index contributed by atoms with van der Waals surface area (Å²) in [4.78, 5) is 28.9. The minimum absolute atomic E-state index is 0.0363. The van der Waals surface area contributed by atoms with E-state index in [1.54, 1.807) is 41.2 Å². The van der Waals surface area contributed by atoms with Gasteiger partial charge in [-0.25, -0.2) is 14.5 Å². The summed E-state index contributed by atoms with van der Waals surface area (Å²) < 4.78 is 12.7. The van der Waals surface area contributed by atoms with Crippen molar-refractivity contribution in [2.24, 2.45) is 5.73 Å². The average molecular weight is 459 g/mol. The van der Waals surface area contributed by atoms with E-state index in [2.05, 4.69) is 5.10 Å². The largest absolute Gasteiger partial charge is 0.484 e. The number of nitrogens with two attached hydrogens (primary N) is 1. The minimum atomic E-state index is -0.565. The maximum atomic E-state index is 13.2. The van der Waals surface area contributed by atoms with Gasteiger partial charge in [-0.15, -0.1) is 0 Å². The van der Waals surface area contributed by atoms with Gasteiger partial charge in [0.1, 0.15) is 12.4 Å². The number of hydrogen-bond acceptors (Lipinski definition) is 6. The first-order valence-corrected chi connectivity index (χ1v) is 10.9. The molecule has 0 radical (unpaired) electrons. The highest BCUT2D eigenvalue weighted by Gasteiger charge is 2.20. The number of aromatic nitrogens is 3. The monoisotopic (exact) mass is 458 g/mol. The van der Waals surface area contributed by atoms with Gasteiger partial charge in [-0.2, -0.15) is 5.10 Å². The van der Waals surface area contributed by atoms with E-state index in [4.69, 9.17) is 20.2 Å². The predicted molar refractivity (Wildman–Crippen MR) is 128 cm³/mol. The highest BCUT2D eigenvalue weighted by molar-refractivity contribution is 6.03. The summed E-state index contributed by atoms with van der Waals surface area (Å²) in [5, 5.41) is 5.08. The van der Waals surface area contributed by atoms with Gasteiger partial charge >= 0.3 is 5.97 Å². The number of carbonyl (C=O) groups is 2. The first kappa shape index (κ1) is 23.0. The van der Waals surface area contributed by atoms with Crippen molar-refractivity contribution in [2.75, 3.05) is 6.61 Å². The number of benzene rings is 2. The maximum absolute atomic E-state index is 13.2. The Hall–Kier alpha value is -4.20. The number of carbonyl (C=O) groups excluding carboxylic acids is 2. The lowest BCUT2D eigenvalue weighted by atomic mass is 10.1. The zero-order valence-electron chi connectivity index (χ0n) is 19.3. The number of rotatable bonds is 8. The number of hydrogen-bond donors (Lipinski definition) is 1. The molecule has 34 heavy (non-hydrogen) atoms. The molecule has 0 saturated heterocycles. The molecule has 0 fully saturated rings. The van der Waals surface area contributed by atoms with Gasteiger partial charge < -0.3 is 15.2 Å². The molecule has 174 valence electrons. The van der Waals surface area contributed by atoms with Gasteiger partial charge in [-0.05, 0) is 44.5 Å². The Labute approximate surface area is 197 Å². The smallest absolute Gasteiger partial charge is 0.339 e. The fourth-order valence-corrected chi connectivity index (χ4v) is 3.54. The van der Waals surface area contributed by atoms with Crippen LogP contribution in [0.4, 0.5) is 0 Å². The van der Waals surface area contributed by atoms with E-state index in [9.17, 15) is 9.59 Å². The summed E-state index contributed by atoms with van der Waals surface area (Å²) in [6, 6.07) is 16.8. The molecule has 0 unspecified atom stereocenters. The van der Waals surface area contributed by atoms with Crippen LogP contribution in [0.15, 0.2) is 60.8 Å². The first-order chi connectivity index (χ1) is 16.3. The Kier molecular flexibility index (Phi) is 6.58. The maximum Gasteiger partial charge on any atom is 0.339 e. The fourth-order valence-electron chi connectivity index (χ4n) is 3.54. The van der Waals surface area contributed by atoms with Crippen molar-refractivity contribution in [3.05, 3.63) is 77.5 Å². The lowest BCUT2D eigenvalue weighted by Gasteiger charge is -2.11. The van der Waals surface area contributed by atoms with Crippen LogP contribution in [0.1, 0.15) is 41.4 Å². The quantitative estimate of drug-likeness (QED) is 0.396. The molecule has 4 rings (SSSR count). The molecule has 1 amide bonds. The van der Waals surface area contributed by atoms with Crippen LogP contribution in [0, 0.1) is 6.92 Å². The van der Waals surface area contributed by atoms with Crippen molar-refractivity contribution >= 4 is 22.9 Å². The SMILES string of the molecule is Cc1ccc(-c2cc(C(=O)OCc3cccc(OCC(N)=O)c3)c3cnn(C(C)C)c3n2)cc1. The second-order valence-electron chi connectivity index (χ2n) is 8.32. The van der Waals surface area contributed by atoms with Gasteiger partial charge in [0.15, 0.2) is 12.3 Å². The lowest BCUT2D eigenvalue weighted by Crippen LogP contribution is -2.20. The van der Waals surface area contributed by atoms with Gasteiger partial charge in [-0.1, -0.05) is 42.0 Å². The zero-order chi connectivity index (χ0) is 24.2. The van der Waals surface area contributed by atoms with E-state index in [1.807, 2.05) is 45.0 Å². The molecule has 8 nitrogen and oxygen atoms in total. The summed E-state index contributed by atoms with van der Waals surface area (Å²) in [6.07, 6.45) is 1.65. The van der Waals surface area contributed by atoms with Gasteiger partial charge in [0.05, 0.1) is 22.8 Å². The van der Waals surface area contributed by atoms with Crippen molar-refractivity contribution in [3.8, 4) is 17.0 Å². The van der Waals surface area contributed by atoms with Crippen LogP contribution in [-0.4, -0.2) is 33.2 Å². The number of aryl methyl sites for hydroxylation is 1. The van der Waals surface area contributed by atoms with Crippen LogP contribution in [0.3, 0.4) is 0 Å². The molecule has 0 saturated carbocycles. The summed E-state index contributed by atoms with van der Waals surface area (Å²) in [5.41, 5.74) is 9.57. The number of ether oxygens (including phenoxy) is 2. The lowest BCUT2D eigenvalue weighted by molar-refractivity contribution is -0.119.